The molecular weight excluding hydrogens is 399 g/mol. The van der Waals surface area contributed by atoms with Crippen LogP contribution in [0.2, 0.25) is 10.0 Å². The van der Waals surface area contributed by atoms with Crippen LogP contribution >= 0.6 is 23.2 Å². The van der Waals surface area contributed by atoms with E-state index in [2.05, 4.69) is 6.58 Å². The van der Waals surface area contributed by atoms with Gasteiger partial charge in [0.1, 0.15) is 5.66 Å². The number of halogens is 2. The molecule has 1 N–H and O–H groups in total. The molecule has 2 aromatic rings. The molecule has 1 fully saturated rings. The van der Waals surface area contributed by atoms with Gasteiger partial charge in [-0.3, -0.25) is 9.69 Å². The highest BCUT2D eigenvalue weighted by Crippen LogP contribution is 2.46. The van der Waals surface area contributed by atoms with Crippen molar-refractivity contribution in [3.8, 4) is 0 Å². The van der Waals surface area contributed by atoms with Crippen LogP contribution in [-0.4, -0.2) is 40.0 Å². The Kier molecular flexibility index (Phi) is 6.08. The van der Waals surface area contributed by atoms with Gasteiger partial charge in [-0.25, -0.2) is 9.69 Å². The van der Waals surface area contributed by atoms with Crippen LogP contribution in [0.5, 0.6) is 0 Å². The summed E-state index contributed by atoms with van der Waals surface area (Å²) in [6.07, 6.45) is 1.06. The zero-order valence-corrected chi connectivity index (χ0v) is 16.7. The fourth-order valence-electron chi connectivity index (χ4n) is 3.82. The molecule has 0 bridgehead atoms. The largest absolute Gasteiger partial charge is 0.465 e. The Labute approximate surface area is 173 Å². The van der Waals surface area contributed by atoms with Gasteiger partial charge in [-0.2, -0.15) is 0 Å². The minimum atomic E-state index is -1.34. The number of hydrogen-bond acceptors (Lipinski definition) is 3. The van der Waals surface area contributed by atoms with E-state index in [1.807, 2.05) is 35.2 Å². The molecule has 7 heteroatoms. The van der Waals surface area contributed by atoms with Crippen molar-refractivity contribution in [3.05, 3.63) is 82.4 Å². The number of amides is 2. The number of imide groups is 1. The van der Waals surface area contributed by atoms with Crippen molar-refractivity contribution in [2.45, 2.75) is 18.5 Å². The Hall–Kier alpha value is -2.34. The number of carbonyl (C=O) groups excluding carboxylic acids is 1. The lowest BCUT2D eigenvalue weighted by molar-refractivity contribution is -0.128. The molecule has 1 aliphatic heterocycles. The molecule has 28 heavy (non-hydrogen) atoms. The zero-order chi connectivity index (χ0) is 20.3. The summed E-state index contributed by atoms with van der Waals surface area (Å²) in [5, 5.41) is 10.5. The lowest BCUT2D eigenvalue weighted by atomic mass is 9.92. The first-order chi connectivity index (χ1) is 13.4. The van der Waals surface area contributed by atoms with Crippen LogP contribution in [0, 0.1) is 0 Å². The molecule has 0 saturated carbocycles. The second kappa shape index (κ2) is 8.35. The maximum atomic E-state index is 12.7. The van der Waals surface area contributed by atoms with E-state index in [0.29, 0.717) is 28.6 Å². The number of nitrogens with zero attached hydrogens (tertiary/aromatic N) is 2. The van der Waals surface area contributed by atoms with Crippen molar-refractivity contribution in [2.75, 3.05) is 13.1 Å². The summed E-state index contributed by atoms with van der Waals surface area (Å²) in [6, 6.07) is 14.8. The summed E-state index contributed by atoms with van der Waals surface area (Å²) in [5.74, 6) is -0.515. The third-order valence-corrected chi connectivity index (χ3v) is 5.60. The first kappa shape index (κ1) is 20.4. The van der Waals surface area contributed by atoms with Crippen molar-refractivity contribution in [1.82, 2.24) is 9.80 Å². The molecule has 0 aromatic heterocycles. The number of rotatable bonds is 6. The number of hydrogen-bond donors (Lipinski definition) is 1. The van der Waals surface area contributed by atoms with Gasteiger partial charge in [0.05, 0.1) is 6.54 Å². The first-order valence-electron chi connectivity index (χ1n) is 8.82. The highest BCUT2D eigenvalue weighted by molar-refractivity contribution is 6.36. The van der Waals surface area contributed by atoms with Crippen LogP contribution in [0.1, 0.15) is 17.5 Å². The molecule has 1 heterocycles. The fourth-order valence-corrected chi connectivity index (χ4v) is 4.52. The topological polar surface area (TPSA) is 60.9 Å². The molecular formula is C21H20Cl2N2O3. The van der Waals surface area contributed by atoms with Crippen LogP contribution in [0.3, 0.4) is 0 Å². The molecule has 0 aliphatic carbocycles. The molecule has 1 atom stereocenters. The summed E-state index contributed by atoms with van der Waals surface area (Å²) in [4.78, 5) is 27.4. The van der Waals surface area contributed by atoms with Crippen LogP contribution in [0.25, 0.3) is 0 Å². The Morgan fingerprint density at radius 3 is 2.36 bits per heavy atom. The Balaban J connectivity index is 2.12. The highest BCUT2D eigenvalue weighted by atomic mass is 35.5. The molecule has 2 aromatic carbocycles. The number of benzene rings is 2. The van der Waals surface area contributed by atoms with E-state index in [1.165, 1.54) is 0 Å². The summed E-state index contributed by atoms with van der Waals surface area (Å²) >= 11 is 12.9. The molecule has 1 saturated heterocycles. The molecule has 0 radical (unpaired) electrons. The summed E-state index contributed by atoms with van der Waals surface area (Å²) in [5.41, 5.74) is 0.149. The predicted octanol–water partition coefficient (Wildman–Crippen LogP) is 4.79. The van der Waals surface area contributed by atoms with Gasteiger partial charge in [0.15, 0.2) is 0 Å². The quantitative estimate of drug-likeness (QED) is 0.685. The van der Waals surface area contributed by atoms with E-state index in [-0.39, 0.29) is 13.0 Å². The molecule has 0 unspecified atom stereocenters. The summed E-state index contributed by atoms with van der Waals surface area (Å²) in [7, 11) is 0. The maximum absolute atomic E-state index is 12.7. The standard InChI is InChI=1S/C21H20Cl2N2O3/c1-2-12-21(19-16(22)9-6-10-17(19)23)24(14-18(26)25(21)20(27)28)13-11-15-7-4-3-5-8-15/h2-10H,1,11-14H2,(H,27,28)/t21-/m1/s1. The van der Waals surface area contributed by atoms with Gasteiger partial charge in [0.2, 0.25) is 5.91 Å². The molecule has 5 nitrogen and oxygen atoms in total. The number of carboxylic acid groups (broad SMARTS) is 1. The van der Waals surface area contributed by atoms with Crippen LogP contribution in [0.4, 0.5) is 4.79 Å². The van der Waals surface area contributed by atoms with Gasteiger partial charge >= 0.3 is 6.09 Å². The van der Waals surface area contributed by atoms with Gasteiger partial charge in [-0.05, 0) is 24.1 Å². The van der Waals surface area contributed by atoms with E-state index in [1.54, 1.807) is 24.3 Å². The lowest BCUT2D eigenvalue weighted by Gasteiger charge is -2.42. The average molecular weight is 419 g/mol. The van der Waals surface area contributed by atoms with Crippen molar-refractivity contribution in [2.24, 2.45) is 0 Å². The lowest BCUT2D eigenvalue weighted by Crippen LogP contribution is -2.53. The predicted molar refractivity (Wildman–Crippen MR) is 110 cm³/mol. The minimum absolute atomic E-state index is 0.0471. The third kappa shape index (κ3) is 3.53. The summed E-state index contributed by atoms with van der Waals surface area (Å²) < 4.78 is 0. The van der Waals surface area contributed by atoms with E-state index >= 15 is 0 Å². The van der Waals surface area contributed by atoms with Gasteiger partial charge in [0.25, 0.3) is 0 Å². The number of carbonyl (C=O) groups is 2. The van der Waals surface area contributed by atoms with Gasteiger partial charge in [-0.15, -0.1) is 6.58 Å². The first-order valence-corrected chi connectivity index (χ1v) is 9.57. The van der Waals surface area contributed by atoms with E-state index in [0.717, 1.165) is 10.5 Å². The second-order valence-corrected chi connectivity index (χ2v) is 7.39. The van der Waals surface area contributed by atoms with Gasteiger partial charge < -0.3 is 5.11 Å². The molecule has 146 valence electrons. The third-order valence-electron chi connectivity index (χ3n) is 4.97. The Morgan fingerprint density at radius 1 is 1.14 bits per heavy atom. The van der Waals surface area contributed by atoms with Crippen LogP contribution in [-0.2, 0) is 16.9 Å². The maximum Gasteiger partial charge on any atom is 0.415 e. The monoisotopic (exact) mass is 418 g/mol. The fraction of sp³-hybridized carbons (Fsp3) is 0.238. The van der Waals surface area contributed by atoms with E-state index < -0.39 is 17.7 Å². The van der Waals surface area contributed by atoms with Crippen molar-refractivity contribution in [3.63, 3.8) is 0 Å². The molecule has 1 aliphatic rings. The van der Waals surface area contributed by atoms with E-state index in [4.69, 9.17) is 23.2 Å². The van der Waals surface area contributed by atoms with Crippen molar-refractivity contribution < 1.29 is 14.7 Å². The van der Waals surface area contributed by atoms with Gasteiger partial charge in [-0.1, -0.05) is 65.7 Å². The van der Waals surface area contributed by atoms with Gasteiger partial charge in [0, 0.05) is 28.6 Å². The van der Waals surface area contributed by atoms with Crippen LogP contribution < -0.4 is 0 Å². The van der Waals surface area contributed by atoms with Crippen LogP contribution in [0.15, 0.2) is 61.2 Å². The Morgan fingerprint density at radius 2 is 1.79 bits per heavy atom. The smallest absolute Gasteiger partial charge is 0.415 e. The second-order valence-electron chi connectivity index (χ2n) is 6.57. The minimum Gasteiger partial charge on any atom is -0.465 e. The highest BCUT2D eigenvalue weighted by Gasteiger charge is 2.56. The van der Waals surface area contributed by atoms with Crippen molar-refractivity contribution in [1.29, 1.82) is 0 Å². The average Bonchev–Trinajstić information content (AvgIpc) is 2.93. The molecule has 3 rings (SSSR count). The van der Waals surface area contributed by atoms with E-state index in [9.17, 15) is 14.7 Å². The SMILES string of the molecule is C=CC[C@@]1(c2c(Cl)cccc2Cl)N(CCc2ccccc2)CC(=O)N1C(=O)O. The van der Waals surface area contributed by atoms with Crippen molar-refractivity contribution >= 4 is 35.2 Å². The zero-order valence-electron chi connectivity index (χ0n) is 15.1. The summed E-state index contributed by atoms with van der Waals surface area (Å²) in [6.45, 7) is 4.19. The molecule has 0 spiro atoms. The molecule has 2 amide bonds. The Bertz CT molecular complexity index is 884. The normalized spacial score (nSPS) is 19.8.